The molecule has 10 N–H and O–H groups in total. The number of hydrogen-bond acceptors (Lipinski definition) is 21. The predicted molar refractivity (Wildman–Crippen MR) is 352 cm³/mol. The van der Waals surface area contributed by atoms with Gasteiger partial charge in [-0.3, -0.25) is 53.1 Å². The summed E-state index contributed by atoms with van der Waals surface area (Å²) in [6, 6.07) is 5.30. The number of fused-ring (bicyclic) bond motifs is 1. The molecule has 1 fully saturated rings. The number of carbonyl (C=O) groups excluding carboxylic acids is 5. The number of ether oxygens (including phenoxy) is 5. The smallest absolute Gasteiger partial charge is 0.323 e. The summed E-state index contributed by atoms with van der Waals surface area (Å²) < 4.78 is 58.8. The highest BCUT2D eigenvalue weighted by Gasteiger charge is 2.30. The molecule has 32 heteroatoms. The van der Waals surface area contributed by atoms with Crippen LogP contribution in [0.25, 0.3) is 10.9 Å². The third kappa shape index (κ3) is 28.7. The van der Waals surface area contributed by atoms with E-state index in [1.165, 1.54) is 39.3 Å². The highest BCUT2D eigenvalue weighted by molar-refractivity contribution is 7.89. The Morgan fingerprint density at radius 1 is 0.716 bits per heavy atom. The van der Waals surface area contributed by atoms with E-state index >= 15 is 0 Å². The van der Waals surface area contributed by atoms with Crippen LogP contribution in [-0.4, -0.2) is 264 Å². The van der Waals surface area contributed by atoms with Gasteiger partial charge in [0.15, 0.2) is 5.95 Å². The zero-order valence-corrected chi connectivity index (χ0v) is 56.0. The maximum Gasteiger partial charge on any atom is 0.323 e. The summed E-state index contributed by atoms with van der Waals surface area (Å²) in [7, 11) is 5.00. The SMILES string of the molecule is [CH]N1CCN(CC)CCN(CC(=O)O)CCN(CC(=O)N[C@H](CCC(=O)NCCOC)C(=O)NCCCOCCOCCOCCCNC(=O)CCCOc2cc(C)c(S(=O)(=O)NC(CNC(=O)c3cn(C)c4cc(CNc5ncc[nH]5)ccc4c3=O)C(=O)O)c(C)c2)CC1. The Labute approximate surface area is 555 Å². The number of hydrogen-bond donors (Lipinski definition) is 10. The summed E-state index contributed by atoms with van der Waals surface area (Å²) in [5.41, 5.74) is 1.08. The zero-order chi connectivity index (χ0) is 69.1. The Bertz CT molecular complexity index is 3240. The second-order valence-corrected chi connectivity index (χ2v) is 24.4. The number of aliphatic carboxylic acids is 2. The number of aryl methyl sites for hydroxylation is 3. The van der Waals surface area contributed by atoms with Crippen molar-refractivity contribution in [3.63, 3.8) is 0 Å². The summed E-state index contributed by atoms with van der Waals surface area (Å²) in [5.74, 6) is -3.82. The van der Waals surface area contributed by atoms with Crippen LogP contribution in [-0.2, 0) is 71.3 Å². The number of rotatable bonds is 42. The summed E-state index contributed by atoms with van der Waals surface area (Å²) in [6.45, 7) is 13.0. The maximum atomic E-state index is 13.7. The van der Waals surface area contributed by atoms with Gasteiger partial charge in [0, 0.05) is 156 Å². The molecule has 526 valence electrons. The predicted octanol–water partition coefficient (Wildman–Crippen LogP) is -0.104. The van der Waals surface area contributed by atoms with Crippen LogP contribution in [0.1, 0.15) is 72.5 Å². The van der Waals surface area contributed by atoms with E-state index in [4.69, 9.17) is 30.7 Å². The lowest BCUT2D eigenvalue weighted by Gasteiger charge is -2.32. The molecule has 5 rings (SSSR count). The molecule has 2 aromatic carbocycles. The van der Waals surface area contributed by atoms with E-state index in [9.17, 15) is 57.0 Å². The number of aromatic amines is 1. The highest BCUT2D eigenvalue weighted by atomic mass is 32.2. The van der Waals surface area contributed by atoms with Crippen LogP contribution in [0.3, 0.4) is 0 Å². The molecule has 3 heterocycles. The van der Waals surface area contributed by atoms with Crippen molar-refractivity contribution in [1.82, 2.24) is 65.4 Å². The number of amides is 5. The van der Waals surface area contributed by atoms with E-state index in [2.05, 4.69) is 51.5 Å². The van der Waals surface area contributed by atoms with Gasteiger partial charge >= 0.3 is 11.9 Å². The minimum atomic E-state index is -4.47. The van der Waals surface area contributed by atoms with Crippen LogP contribution in [0, 0.1) is 20.9 Å². The van der Waals surface area contributed by atoms with Crippen LogP contribution >= 0.6 is 0 Å². The molecule has 31 nitrogen and oxygen atoms in total. The lowest BCUT2D eigenvalue weighted by molar-refractivity contribution is -0.139. The van der Waals surface area contributed by atoms with Crippen molar-refractivity contribution in [2.24, 2.45) is 7.05 Å². The summed E-state index contributed by atoms with van der Waals surface area (Å²) in [5, 5.41) is 36.5. The molecule has 95 heavy (non-hydrogen) atoms. The first-order valence-electron chi connectivity index (χ1n) is 31.9. The second kappa shape index (κ2) is 42.0. The molecule has 2 aromatic heterocycles. The van der Waals surface area contributed by atoms with Gasteiger partial charge < -0.3 is 80.2 Å². The number of benzene rings is 2. The number of H-pyrrole nitrogens is 1. The zero-order valence-electron chi connectivity index (χ0n) is 55.2. The number of sulfonamides is 1. The number of nitrogens with zero attached hydrogens (tertiary/aromatic N) is 6. The lowest BCUT2D eigenvalue weighted by atomic mass is 10.1. The second-order valence-electron chi connectivity index (χ2n) is 22.8. The summed E-state index contributed by atoms with van der Waals surface area (Å²) in [4.78, 5) is 117. The Morgan fingerprint density at radius 3 is 1.96 bits per heavy atom. The summed E-state index contributed by atoms with van der Waals surface area (Å²) in [6.07, 6.45) is 6.22. The number of pyridine rings is 1. The largest absolute Gasteiger partial charge is 0.494 e. The third-order valence-corrected chi connectivity index (χ3v) is 17.1. The number of imidazole rings is 1. The fourth-order valence-electron chi connectivity index (χ4n) is 10.2. The molecular weight excluding hydrogens is 1260 g/mol. The number of carboxylic acid groups (broad SMARTS) is 2. The molecule has 1 aliphatic rings. The van der Waals surface area contributed by atoms with Crippen LogP contribution in [0.15, 0.2) is 58.6 Å². The Morgan fingerprint density at radius 2 is 1.33 bits per heavy atom. The third-order valence-electron chi connectivity index (χ3n) is 15.3. The molecular formula is C63H96N14O17S. The van der Waals surface area contributed by atoms with Crippen molar-refractivity contribution in [3.8, 4) is 5.75 Å². The van der Waals surface area contributed by atoms with E-state index in [1.54, 1.807) is 47.1 Å². The average molecular weight is 1350 g/mol. The Balaban J connectivity index is 0.918. The number of carbonyl (C=O) groups is 7. The van der Waals surface area contributed by atoms with Crippen molar-refractivity contribution >= 4 is 68.3 Å². The van der Waals surface area contributed by atoms with Gasteiger partial charge in [0.1, 0.15) is 23.4 Å². The normalized spacial score (nSPS) is 14.6. The molecule has 0 aliphatic carbocycles. The first-order chi connectivity index (χ1) is 45.6. The van der Waals surface area contributed by atoms with E-state index in [0.29, 0.717) is 155 Å². The molecule has 1 aliphatic heterocycles. The minimum absolute atomic E-state index is 0.0167. The van der Waals surface area contributed by atoms with Crippen molar-refractivity contribution in [3.05, 3.63) is 88.4 Å². The van der Waals surface area contributed by atoms with Gasteiger partial charge in [0.05, 0.1) is 63.1 Å². The van der Waals surface area contributed by atoms with E-state index in [1.807, 2.05) is 16.7 Å². The summed E-state index contributed by atoms with van der Waals surface area (Å²) >= 11 is 0. The van der Waals surface area contributed by atoms with Gasteiger partial charge in [-0.25, -0.2) is 13.4 Å². The van der Waals surface area contributed by atoms with Crippen LogP contribution in [0.2, 0.25) is 0 Å². The quantitative estimate of drug-likeness (QED) is 0.0259. The van der Waals surface area contributed by atoms with Crippen molar-refractivity contribution in [1.29, 1.82) is 0 Å². The molecule has 0 bridgehead atoms. The van der Waals surface area contributed by atoms with Crippen molar-refractivity contribution in [2.75, 3.05) is 163 Å². The molecule has 0 saturated carbocycles. The molecule has 1 saturated heterocycles. The number of nitrogens with one attached hydrogen (secondary N) is 8. The van der Waals surface area contributed by atoms with Crippen molar-refractivity contribution in [2.45, 2.75) is 82.8 Å². The van der Waals surface area contributed by atoms with Gasteiger partial charge in [-0.05, 0) is 87.0 Å². The number of likely N-dealkylation sites (N-methyl/N-ethyl adjacent to an activating group) is 1. The molecule has 0 spiro atoms. The first kappa shape index (κ1) is 78.0. The topological polar surface area (TPSA) is 388 Å². The number of aromatic nitrogens is 3. The van der Waals surface area contributed by atoms with Gasteiger partial charge in [-0.1, -0.05) is 13.0 Å². The van der Waals surface area contributed by atoms with Crippen LogP contribution in [0.5, 0.6) is 5.75 Å². The average Bonchev–Trinajstić information content (AvgIpc) is 0.905. The molecule has 2 radical (unpaired) electrons. The molecule has 2 atom stereocenters. The van der Waals surface area contributed by atoms with Gasteiger partial charge in [0.25, 0.3) is 5.91 Å². The number of carboxylic acids is 2. The van der Waals surface area contributed by atoms with Crippen LogP contribution < -0.4 is 46.8 Å². The Kier molecular flexibility index (Phi) is 34.5. The highest BCUT2D eigenvalue weighted by Crippen LogP contribution is 2.26. The lowest BCUT2D eigenvalue weighted by Crippen LogP contribution is -2.52. The van der Waals surface area contributed by atoms with Crippen molar-refractivity contribution < 1.29 is 75.9 Å². The van der Waals surface area contributed by atoms with Gasteiger partial charge in [-0.2, -0.15) is 4.72 Å². The first-order valence-corrected chi connectivity index (χ1v) is 33.4. The standard InChI is InChI=1S/C63H96N14O17S/c1-7-75-23-21-73(4)22-24-76(27-28-77(26-25-75)44-57(81)82)43-56(80)71-51(14-15-55(79)65-20-32-90-6)61(85)66-17-10-30-92-34-36-93-35-33-91-29-9-16-64-54(78)11-8-31-94-48-37-45(2)59(46(3)38-48)95(88,89)72-52(62(86)87)41-69-60(84)50-42-74(5)53-39-47(12-13-49(53)58(50)83)40-70-63-67-18-19-68-63/h4,12-13,18-19,37-39,42,51-52,72H,7-11,14-17,20-36,40-41,43-44H2,1-3,5-6H3,(H,64,78)(H,65,79)(H,66,85)(H,69,84)(H,71,80)(H,81,82)(H,86,87)(H2,67,68,70)/t51-,52?/m1/s1. The van der Waals surface area contributed by atoms with Gasteiger partial charge in [-0.15, -0.1) is 0 Å². The van der Waals surface area contributed by atoms with Gasteiger partial charge in [0.2, 0.25) is 39.1 Å². The molecule has 1 unspecified atom stereocenters. The van der Waals surface area contributed by atoms with Crippen LogP contribution in [0.4, 0.5) is 5.95 Å². The molecule has 5 amide bonds. The minimum Gasteiger partial charge on any atom is -0.494 e. The Hall–Kier alpha value is -7.66. The van der Waals surface area contributed by atoms with E-state index < -0.39 is 63.7 Å². The fraction of sp³-hybridized carbons (Fsp3) is 0.587. The fourth-order valence-corrected chi connectivity index (χ4v) is 11.8. The number of anilines is 1. The number of methoxy groups -OCH3 is 1. The molecule has 4 aromatic rings. The van der Waals surface area contributed by atoms with E-state index in [-0.39, 0.29) is 84.3 Å². The maximum absolute atomic E-state index is 13.7. The monoisotopic (exact) mass is 1350 g/mol. The van der Waals surface area contributed by atoms with E-state index in [0.717, 1.165) is 12.1 Å².